The molecule has 106 valence electrons. The van der Waals surface area contributed by atoms with Crippen molar-refractivity contribution in [3.63, 3.8) is 0 Å². The number of anilines is 1. The van der Waals surface area contributed by atoms with Crippen LogP contribution < -0.4 is 15.8 Å². The second-order valence-corrected chi connectivity index (χ2v) is 4.24. The van der Waals surface area contributed by atoms with E-state index in [-0.39, 0.29) is 18.1 Å². The predicted molar refractivity (Wildman–Crippen MR) is 75.2 cm³/mol. The Kier molecular flexibility index (Phi) is 3.38. The Morgan fingerprint density at radius 2 is 2.14 bits per heavy atom. The van der Waals surface area contributed by atoms with Gasteiger partial charge in [-0.25, -0.2) is 9.78 Å². The summed E-state index contributed by atoms with van der Waals surface area (Å²) in [5.41, 5.74) is 1.03. The highest BCUT2D eigenvalue weighted by molar-refractivity contribution is 5.92. The van der Waals surface area contributed by atoms with Crippen molar-refractivity contribution < 1.29 is 13.9 Å². The van der Waals surface area contributed by atoms with Crippen LogP contribution in [0.25, 0.3) is 11.2 Å². The van der Waals surface area contributed by atoms with Crippen LogP contribution in [0.4, 0.5) is 5.69 Å². The monoisotopic (exact) mass is 285 g/mol. The zero-order chi connectivity index (χ0) is 14.7. The molecule has 7 nitrogen and oxygen atoms in total. The highest BCUT2D eigenvalue weighted by Crippen LogP contribution is 2.13. The Morgan fingerprint density at radius 1 is 1.33 bits per heavy atom. The van der Waals surface area contributed by atoms with Crippen LogP contribution >= 0.6 is 0 Å². The topological polar surface area (TPSA) is 97.2 Å². The number of nitrogens with zero attached hydrogens (tertiary/aromatic N) is 1. The number of hydrogen-bond donors (Lipinski definition) is 2. The Balaban J connectivity index is 1.64. The quantitative estimate of drug-likeness (QED) is 0.757. The number of aromatic amines is 1. The second-order valence-electron chi connectivity index (χ2n) is 4.24. The molecule has 2 heterocycles. The van der Waals surface area contributed by atoms with E-state index < -0.39 is 5.76 Å². The summed E-state index contributed by atoms with van der Waals surface area (Å²) < 4.78 is 10.2. The molecule has 1 amide bonds. The zero-order valence-electron chi connectivity index (χ0n) is 10.8. The smallest absolute Gasteiger partial charge is 0.418 e. The van der Waals surface area contributed by atoms with E-state index >= 15 is 0 Å². The maximum Gasteiger partial charge on any atom is 0.418 e. The summed E-state index contributed by atoms with van der Waals surface area (Å²) in [6, 6.07) is 10.5. The average molecular weight is 285 g/mol. The van der Waals surface area contributed by atoms with E-state index in [2.05, 4.69) is 15.3 Å². The largest absolute Gasteiger partial charge is 0.484 e. The van der Waals surface area contributed by atoms with Gasteiger partial charge in [0.15, 0.2) is 17.8 Å². The van der Waals surface area contributed by atoms with Gasteiger partial charge >= 0.3 is 5.76 Å². The maximum absolute atomic E-state index is 11.8. The molecule has 0 spiro atoms. The molecular formula is C14H11N3O4. The molecule has 2 N–H and O–H groups in total. The number of oxazole rings is 1. The van der Waals surface area contributed by atoms with Gasteiger partial charge in [0.05, 0.1) is 11.9 Å². The fraction of sp³-hybridized carbons (Fsp3) is 0.0714. The molecule has 3 aromatic rings. The predicted octanol–water partition coefficient (Wildman–Crippen LogP) is 1.53. The van der Waals surface area contributed by atoms with Crippen LogP contribution in [0.2, 0.25) is 0 Å². The lowest BCUT2D eigenvalue weighted by atomic mass is 10.3. The maximum atomic E-state index is 11.8. The molecule has 0 saturated heterocycles. The number of carbonyl (C=O) groups is 1. The molecule has 0 aliphatic carbocycles. The van der Waals surface area contributed by atoms with Crippen LogP contribution in [0, 0.1) is 0 Å². The van der Waals surface area contributed by atoms with Gasteiger partial charge in [-0.05, 0) is 12.1 Å². The molecule has 7 heteroatoms. The number of carbonyl (C=O) groups excluding carboxylic acids is 1. The third-order valence-electron chi connectivity index (χ3n) is 2.67. The summed E-state index contributed by atoms with van der Waals surface area (Å²) in [4.78, 5) is 29.2. The van der Waals surface area contributed by atoms with Crippen molar-refractivity contribution in [2.75, 3.05) is 11.9 Å². The highest BCUT2D eigenvalue weighted by Gasteiger charge is 2.07. The van der Waals surface area contributed by atoms with Gasteiger partial charge in [-0.2, -0.15) is 0 Å². The number of rotatable bonds is 4. The molecule has 0 saturated carbocycles. The number of H-pyrrole nitrogens is 1. The first kappa shape index (κ1) is 12.9. The summed E-state index contributed by atoms with van der Waals surface area (Å²) in [5, 5.41) is 2.61. The summed E-state index contributed by atoms with van der Waals surface area (Å²) in [5.74, 6) is -0.316. The average Bonchev–Trinajstić information content (AvgIpc) is 2.85. The minimum Gasteiger partial charge on any atom is -0.484 e. The number of benzene rings is 1. The van der Waals surface area contributed by atoms with Crippen molar-refractivity contribution in [3.05, 3.63) is 53.1 Å². The number of para-hydroxylation sites is 1. The van der Waals surface area contributed by atoms with Crippen LogP contribution in [0.3, 0.4) is 0 Å². The lowest BCUT2D eigenvalue weighted by molar-refractivity contribution is -0.118. The SMILES string of the molecule is O=C(COc1ccccc1)Nc1cnc2[nH]c(=O)oc2c1. The van der Waals surface area contributed by atoms with Crippen molar-refractivity contribution in [1.82, 2.24) is 9.97 Å². The molecule has 0 radical (unpaired) electrons. The van der Waals surface area contributed by atoms with Crippen molar-refractivity contribution >= 4 is 22.8 Å². The van der Waals surface area contributed by atoms with E-state index in [4.69, 9.17) is 9.15 Å². The second kappa shape index (κ2) is 5.49. The Morgan fingerprint density at radius 3 is 2.95 bits per heavy atom. The first-order chi connectivity index (χ1) is 10.2. The van der Waals surface area contributed by atoms with Crippen molar-refractivity contribution in [2.24, 2.45) is 0 Å². The van der Waals surface area contributed by atoms with Gasteiger partial charge in [0.1, 0.15) is 5.75 Å². The third kappa shape index (κ3) is 3.08. The minimum absolute atomic E-state index is 0.126. The molecule has 21 heavy (non-hydrogen) atoms. The molecular weight excluding hydrogens is 274 g/mol. The normalized spacial score (nSPS) is 10.5. The molecule has 0 unspecified atom stereocenters. The molecule has 0 aliphatic heterocycles. The molecule has 3 rings (SSSR count). The minimum atomic E-state index is -0.589. The number of nitrogens with one attached hydrogen (secondary N) is 2. The Hall–Kier alpha value is -3.09. The number of pyridine rings is 1. The van der Waals surface area contributed by atoms with Gasteiger partial charge in [-0.15, -0.1) is 0 Å². The molecule has 0 fully saturated rings. The van der Waals surface area contributed by atoms with Crippen LogP contribution in [0.15, 0.2) is 51.8 Å². The third-order valence-corrected chi connectivity index (χ3v) is 2.67. The van der Waals surface area contributed by atoms with Crippen molar-refractivity contribution in [1.29, 1.82) is 0 Å². The Labute approximate surface area is 118 Å². The van der Waals surface area contributed by atoms with Crippen LogP contribution in [-0.2, 0) is 4.79 Å². The van der Waals surface area contributed by atoms with E-state index in [0.29, 0.717) is 17.1 Å². The number of aromatic nitrogens is 2. The summed E-state index contributed by atoms with van der Waals surface area (Å²) in [6.45, 7) is -0.126. The van der Waals surface area contributed by atoms with E-state index in [1.165, 1.54) is 12.3 Å². The standard InChI is InChI=1S/C14H11N3O4/c18-12(8-20-10-4-2-1-3-5-10)16-9-6-11-13(15-7-9)17-14(19)21-11/h1-7H,8H2,(H,16,18)(H,15,17,19). The number of ether oxygens (including phenoxy) is 1. The number of hydrogen-bond acceptors (Lipinski definition) is 5. The van der Waals surface area contributed by atoms with Crippen LogP contribution in [-0.4, -0.2) is 22.5 Å². The highest BCUT2D eigenvalue weighted by atomic mass is 16.5. The lowest BCUT2D eigenvalue weighted by Crippen LogP contribution is -2.20. The Bertz CT molecular complexity index is 823. The van der Waals surface area contributed by atoms with Crippen LogP contribution in [0.5, 0.6) is 5.75 Å². The van der Waals surface area contributed by atoms with Crippen molar-refractivity contribution in [3.8, 4) is 5.75 Å². The first-order valence-corrected chi connectivity index (χ1v) is 6.17. The molecule has 1 aromatic carbocycles. The summed E-state index contributed by atoms with van der Waals surface area (Å²) in [7, 11) is 0. The van der Waals surface area contributed by atoms with Gasteiger partial charge in [-0.1, -0.05) is 18.2 Å². The number of amides is 1. The fourth-order valence-corrected chi connectivity index (χ4v) is 1.77. The van der Waals surface area contributed by atoms with E-state index in [9.17, 15) is 9.59 Å². The molecule has 0 bridgehead atoms. The fourth-order valence-electron chi connectivity index (χ4n) is 1.77. The lowest BCUT2D eigenvalue weighted by Gasteiger charge is -2.06. The summed E-state index contributed by atoms with van der Waals surface area (Å²) >= 11 is 0. The van der Waals surface area contributed by atoms with Gasteiger partial charge in [-0.3, -0.25) is 9.78 Å². The zero-order valence-corrected chi connectivity index (χ0v) is 10.8. The first-order valence-electron chi connectivity index (χ1n) is 6.17. The molecule has 0 atom stereocenters. The van der Waals surface area contributed by atoms with E-state index in [1.54, 1.807) is 12.1 Å². The van der Waals surface area contributed by atoms with Crippen LogP contribution in [0.1, 0.15) is 0 Å². The molecule has 2 aromatic heterocycles. The van der Waals surface area contributed by atoms with E-state index in [1.807, 2.05) is 18.2 Å². The van der Waals surface area contributed by atoms with Gasteiger partial charge in [0.2, 0.25) is 0 Å². The van der Waals surface area contributed by atoms with Crippen molar-refractivity contribution in [2.45, 2.75) is 0 Å². The van der Waals surface area contributed by atoms with E-state index in [0.717, 1.165) is 0 Å². The van der Waals surface area contributed by atoms with Gasteiger partial charge in [0, 0.05) is 6.07 Å². The van der Waals surface area contributed by atoms with Gasteiger partial charge in [0.25, 0.3) is 5.91 Å². The van der Waals surface area contributed by atoms with Gasteiger partial charge < -0.3 is 14.5 Å². The molecule has 0 aliphatic rings. The summed E-state index contributed by atoms with van der Waals surface area (Å²) in [6.07, 6.45) is 1.42. The number of fused-ring (bicyclic) bond motifs is 1.